The molecule has 0 unspecified atom stereocenters. The van der Waals surface area contributed by atoms with Crippen LogP contribution in [0.5, 0.6) is 0 Å². The molecule has 0 aliphatic carbocycles. The Morgan fingerprint density at radius 2 is 0.478 bits per heavy atom. The average Bonchev–Trinajstić information content (AvgIpc) is 2.90. The number of hydrogen-bond acceptors (Lipinski definition) is 0. The van der Waals surface area contributed by atoms with Crippen LogP contribution in [0.4, 0.5) is 87.8 Å². The summed E-state index contributed by atoms with van der Waals surface area (Å²) in [4.78, 5) is 0. The molecule has 46 heavy (non-hydrogen) atoms. The van der Waals surface area contributed by atoms with Crippen molar-refractivity contribution in [3.8, 4) is 0 Å². The monoisotopic (exact) mass is 838 g/mol. The fourth-order valence-corrected chi connectivity index (χ4v) is 4.11. The van der Waals surface area contributed by atoms with Crippen LogP contribution in [0.3, 0.4) is 0 Å². The van der Waals surface area contributed by atoms with Crippen molar-refractivity contribution < 1.29 is 87.8 Å². The second kappa shape index (κ2) is 11.9. The van der Waals surface area contributed by atoms with E-state index in [1.807, 2.05) is 0 Å². The highest BCUT2D eigenvalue weighted by atomic mass is 79.9. The summed E-state index contributed by atoms with van der Waals surface area (Å²) >= 11 is 5.44. The number of hydrogen-bond donors (Lipinski definition) is 0. The lowest BCUT2D eigenvalue weighted by Crippen LogP contribution is -2.77. The van der Waals surface area contributed by atoms with Crippen LogP contribution in [0.25, 0.3) is 0 Å². The molecule has 0 saturated heterocycles. The van der Waals surface area contributed by atoms with Gasteiger partial charge in [0.15, 0.2) is 0 Å². The number of rotatable bonds is 13. The summed E-state index contributed by atoms with van der Waals surface area (Å²) in [6.45, 7) is 0. The number of halogens is 22. The first kappa shape index (κ1) is 40.2. The van der Waals surface area contributed by atoms with Gasteiger partial charge in [-0.25, -0.2) is 0 Å². The maximum absolute atomic E-state index is 14.1. The third kappa shape index (κ3) is 5.94. The minimum absolute atomic E-state index is 0.0273. The van der Waals surface area contributed by atoms with E-state index in [4.69, 9.17) is 0 Å². The Morgan fingerprint density at radius 3 is 0.674 bits per heavy atom. The van der Waals surface area contributed by atoms with Crippen molar-refractivity contribution in [2.75, 3.05) is 0 Å². The van der Waals surface area contributed by atoms with Crippen molar-refractivity contribution in [2.24, 2.45) is 0 Å². The Kier molecular flexibility index (Phi) is 10.4. The van der Waals surface area contributed by atoms with E-state index in [0.717, 1.165) is 24.3 Å². The zero-order valence-corrected chi connectivity index (χ0v) is 24.5. The first-order valence-electron chi connectivity index (χ1n) is 11.5. The van der Waals surface area contributed by atoms with Gasteiger partial charge in [0.1, 0.15) is 0 Å². The molecular weight excluding hydrogens is 828 g/mol. The van der Waals surface area contributed by atoms with Gasteiger partial charge in [-0.15, -0.1) is 0 Å². The predicted molar refractivity (Wildman–Crippen MR) is 125 cm³/mol. The molecule has 0 amide bonds. The van der Waals surface area contributed by atoms with E-state index in [0.29, 0.717) is 24.3 Å². The summed E-state index contributed by atoms with van der Waals surface area (Å²) in [6, 6.07) is 4.98. The second-order valence-electron chi connectivity index (χ2n) is 9.61. The molecule has 0 radical (unpaired) electrons. The molecule has 0 aliphatic heterocycles. The van der Waals surface area contributed by atoms with E-state index < -0.39 is 83.2 Å². The Labute approximate surface area is 260 Å². The molecule has 2 aromatic rings. The SMILES string of the molecule is FC(F)(Cc1ccc(Br)cc1)C(F)(F)C(F)(F)C(F)(F)C(F)(F)C(F)(F)C(F)(F)C(F)(F)C(F)(F)C(F)(F)Cc1ccc(Br)cc1. The number of benzene rings is 2. The smallest absolute Gasteiger partial charge is 0.199 e. The topological polar surface area (TPSA) is 0 Å². The molecule has 2 aromatic carbocycles. The Balaban J connectivity index is 2.60. The molecule has 262 valence electrons. The molecule has 0 heterocycles. The Hall–Kier alpha value is -2.00. The van der Waals surface area contributed by atoms with E-state index in [9.17, 15) is 87.8 Å². The summed E-state index contributed by atoms with van der Waals surface area (Å²) in [5.74, 6) is -82.0. The molecule has 0 atom stereocenters. The van der Waals surface area contributed by atoms with Gasteiger partial charge in [-0.05, 0) is 35.4 Å². The van der Waals surface area contributed by atoms with Crippen LogP contribution in [0.1, 0.15) is 11.1 Å². The summed E-state index contributed by atoms with van der Waals surface area (Å²) in [7, 11) is 0. The highest BCUT2D eigenvalue weighted by molar-refractivity contribution is 9.10. The van der Waals surface area contributed by atoms with E-state index in [1.165, 1.54) is 0 Å². The third-order valence-electron chi connectivity index (χ3n) is 6.36. The van der Waals surface area contributed by atoms with E-state index in [-0.39, 0.29) is 8.95 Å². The molecule has 0 aromatic heterocycles. The average molecular weight is 840 g/mol. The first-order valence-corrected chi connectivity index (χ1v) is 13.1. The van der Waals surface area contributed by atoms with E-state index in [1.54, 1.807) is 0 Å². The summed E-state index contributed by atoms with van der Waals surface area (Å²) in [6.07, 6.45) is -5.45. The van der Waals surface area contributed by atoms with Crippen LogP contribution in [0.15, 0.2) is 57.5 Å². The largest absolute Gasteiger partial charge is 0.385 e. The van der Waals surface area contributed by atoms with Crippen LogP contribution in [-0.2, 0) is 12.8 Å². The molecule has 0 N–H and O–H groups in total. The highest BCUT2D eigenvalue weighted by Gasteiger charge is 2.97. The minimum atomic E-state index is -9.05. The van der Waals surface area contributed by atoms with Crippen LogP contribution in [0, 0.1) is 0 Å². The first-order chi connectivity index (χ1) is 20.2. The normalized spacial score (nSPS) is 15.3. The van der Waals surface area contributed by atoms with Crippen LogP contribution >= 0.6 is 31.9 Å². The van der Waals surface area contributed by atoms with E-state index >= 15 is 0 Å². The molecule has 0 fully saturated rings. The van der Waals surface area contributed by atoms with Crippen molar-refractivity contribution in [1.29, 1.82) is 0 Å². The van der Waals surface area contributed by atoms with Crippen molar-refractivity contribution in [3.05, 3.63) is 68.6 Å². The lowest BCUT2D eigenvalue weighted by molar-refractivity contribution is -0.468. The van der Waals surface area contributed by atoms with Crippen molar-refractivity contribution in [3.63, 3.8) is 0 Å². The molecule has 22 heteroatoms. The minimum Gasteiger partial charge on any atom is -0.199 e. The van der Waals surface area contributed by atoms with Crippen molar-refractivity contribution in [1.82, 2.24) is 0 Å². The molecular formula is C24H12Br2F20. The van der Waals surface area contributed by atoms with Gasteiger partial charge in [-0.1, -0.05) is 56.1 Å². The van der Waals surface area contributed by atoms with Gasteiger partial charge in [0.25, 0.3) is 0 Å². The summed E-state index contributed by atoms with van der Waals surface area (Å²) in [5, 5.41) is 0. The maximum atomic E-state index is 14.1. The van der Waals surface area contributed by atoms with E-state index in [2.05, 4.69) is 31.9 Å². The molecule has 0 bridgehead atoms. The molecule has 0 aliphatic rings. The highest BCUT2D eigenvalue weighted by Crippen LogP contribution is 2.66. The summed E-state index contributed by atoms with van der Waals surface area (Å²) in [5.41, 5.74) is -2.22. The van der Waals surface area contributed by atoms with Gasteiger partial charge < -0.3 is 0 Å². The van der Waals surface area contributed by atoms with Crippen LogP contribution < -0.4 is 0 Å². The predicted octanol–water partition coefficient (Wildman–Crippen LogP) is 11.3. The fourth-order valence-electron chi connectivity index (χ4n) is 3.58. The third-order valence-corrected chi connectivity index (χ3v) is 7.42. The fraction of sp³-hybridized carbons (Fsp3) is 0.500. The lowest BCUT2D eigenvalue weighted by atomic mass is 9.84. The zero-order valence-electron chi connectivity index (χ0n) is 21.3. The van der Waals surface area contributed by atoms with Gasteiger partial charge in [-0.2, -0.15) is 87.8 Å². The Morgan fingerprint density at radius 1 is 0.304 bits per heavy atom. The summed E-state index contributed by atoms with van der Waals surface area (Å²) < 4.78 is 283. The zero-order chi connectivity index (χ0) is 36.4. The van der Waals surface area contributed by atoms with Gasteiger partial charge in [0.05, 0.1) is 0 Å². The Bertz CT molecular complexity index is 1260. The van der Waals surface area contributed by atoms with Gasteiger partial charge in [-0.3, -0.25) is 0 Å². The van der Waals surface area contributed by atoms with Gasteiger partial charge in [0, 0.05) is 21.8 Å². The van der Waals surface area contributed by atoms with Gasteiger partial charge >= 0.3 is 59.2 Å². The van der Waals surface area contributed by atoms with Crippen LogP contribution in [-0.4, -0.2) is 59.2 Å². The molecule has 2 rings (SSSR count). The number of alkyl halides is 20. The van der Waals surface area contributed by atoms with Crippen molar-refractivity contribution >= 4 is 31.9 Å². The maximum Gasteiger partial charge on any atom is 0.385 e. The quantitative estimate of drug-likeness (QED) is 0.176. The van der Waals surface area contributed by atoms with Crippen molar-refractivity contribution in [2.45, 2.75) is 72.1 Å². The molecule has 0 saturated carbocycles. The molecule has 0 nitrogen and oxygen atoms in total. The van der Waals surface area contributed by atoms with Crippen LogP contribution in [0.2, 0.25) is 0 Å². The lowest BCUT2D eigenvalue weighted by Gasteiger charge is -2.45. The standard InChI is InChI=1S/C24H12Br2F20/c25-13-5-1-11(2-6-13)9-15(27,28)17(31,32)19(35,36)21(39,40)23(43,44)24(45,46)22(41,42)20(37,38)18(33,34)16(29,30)10-12-3-7-14(26)8-4-12/h1-8H,9-10H2. The molecule has 0 spiro atoms. The van der Waals surface area contributed by atoms with Gasteiger partial charge in [0.2, 0.25) is 0 Å². The second-order valence-corrected chi connectivity index (χ2v) is 11.4.